The lowest BCUT2D eigenvalue weighted by Gasteiger charge is -2.21. The van der Waals surface area contributed by atoms with Crippen molar-refractivity contribution in [2.75, 3.05) is 13.2 Å². The third kappa shape index (κ3) is 6.59. The first-order chi connectivity index (χ1) is 11.1. The maximum atomic E-state index is 11.8. The topological polar surface area (TPSA) is 72.8 Å². The predicted octanol–water partition coefficient (Wildman–Crippen LogP) is 2.91. The molecule has 2 rings (SSSR count). The van der Waals surface area contributed by atoms with Crippen LogP contribution in [-0.4, -0.2) is 36.4 Å². The van der Waals surface area contributed by atoms with Gasteiger partial charge in [-0.1, -0.05) is 24.3 Å². The van der Waals surface area contributed by atoms with E-state index >= 15 is 0 Å². The Morgan fingerprint density at radius 1 is 1.22 bits per heavy atom. The van der Waals surface area contributed by atoms with E-state index in [0.717, 1.165) is 36.5 Å². The van der Waals surface area contributed by atoms with E-state index in [-0.39, 0.29) is 18.7 Å². The number of carboxylic acid groups (broad SMARTS) is 1. The van der Waals surface area contributed by atoms with E-state index in [1.165, 1.54) is 12.2 Å². The number of rotatable bonds is 7. The number of carbonyl (C=O) groups is 2. The first-order valence-electron chi connectivity index (χ1n) is 7.59. The summed E-state index contributed by atoms with van der Waals surface area (Å²) < 4.78 is 10.8. The van der Waals surface area contributed by atoms with Crippen molar-refractivity contribution in [3.8, 4) is 0 Å². The lowest BCUT2D eigenvalue weighted by Crippen LogP contribution is -2.24. The molecule has 1 aromatic carbocycles. The second-order valence-electron chi connectivity index (χ2n) is 5.25. The molecule has 1 atom stereocenters. The maximum absolute atomic E-state index is 11.8. The molecule has 1 aliphatic heterocycles. The minimum absolute atomic E-state index is 0.000224. The average molecular weight is 316 g/mol. The molecule has 1 fully saturated rings. The van der Waals surface area contributed by atoms with Crippen molar-refractivity contribution in [3.05, 3.63) is 47.5 Å². The number of aliphatic carboxylic acids is 1. The average Bonchev–Trinajstić information content (AvgIpc) is 2.57. The minimum Gasteiger partial charge on any atom is -0.478 e. The summed E-state index contributed by atoms with van der Waals surface area (Å²) in [6.45, 7) is 0.686. The van der Waals surface area contributed by atoms with Gasteiger partial charge >= 0.3 is 5.97 Å². The second-order valence-corrected chi connectivity index (χ2v) is 5.25. The third-order valence-corrected chi connectivity index (χ3v) is 3.34. The van der Waals surface area contributed by atoms with Gasteiger partial charge < -0.3 is 14.6 Å². The summed E-state index contributed by atoms with van der Waals surface area (Å²) in [5.41, 5.74) is 1.58. The molecule has 5 heteroatoms. The summed E-state index contributed by atoms with van der Waals surface area (Å²) in [6, 6.07) is 7.24. The molecule has 0 saturated carbocycles. The zero-order chi connectivity index (χ0) is 16.5. The van der Waals surface area contributed by atoms with Gasteiger partial charge in [0.1, 0.15) is 6.61 Å². The van der Waals surface area contributed by atoms with Crippen LogP contribution in [0.3, 0.4) is 0 Å². The van der Waals surface area contributed by atoms with E-state index in [1.54, 1.807) is 24.3 Å². The quantitative estimate of drug-likeness (QED) is 0.783. The summed E-state index contributed by atoms with van der Waals surface area (Å²) in [7, 11) is 0. The van der Waals surface area contributed by atoms with Gasteiger partial charge in [-0.2, -0.15) is 0 Å². The number of carbonyl (C=O) groups excluding carboxylic acids is 1. The molecule has 1 unspecified atom stereocenters. The summed E-state index contributed by atoms with van der Waals surface area (Å²) in [5, 5.41) is 8.62. The molecule has 0 bridgehead atoms. The highest BCUT2D eigenvalue weighted by Gasteiger charge is 2.14. The Balaban J connectivity index is 1.85. The number of hydrogen-bond acceptors (Lipinski definition) is 4. The predicted molar refractivity (Wildman–Crippen MR) is 86.7 cm³/mol. The van der Waals surface area contributed by atoms with Crippen LogP contribution in [-0.2, 0) is 19.1 Å². The Morgan fingerprint density at radius 2 is 1.96 bits per heavy atom. The van der Waals surface area contributed by atoms with Crippen molar-refractivity contribution in [1.82, 2.24) is 0 Å². The highest BCUT2D eigenvalue weighted by molar-refractivity contribution is 5.94. The standard InChI is InChI=1S/C18H20O5/c19-16(13-23-18-6-1-2-11-22-18)9-7-14-4-3-5-15(12-14)8-10-17(20)21/h3-5,7-10,12,18H,1-2,6,11,13H2,(H,20,21)/b9-7+,10-8+. The van der Waals surface area contributed by atoms with Gasteiger partial charge in [-0.05, 0) is 48.6 Å². The minimum atomic E-state index is -0.997. The summed E-state index contributed by atoms with van der Waals surface area (Å²) in [5.74, 6) is -1.13. The largest absolute Gasteiger partial charge is 0.478 e. The van der Waals surface area contributed by atoms with Crippen LogP contribution >= 0.6 is 0 Å². The SMILES string of the molecule is O=C(O)/C=C/c1cccc(/C=C/C(=O)COC2CCCCO2)c1. The Bertz CT molecular complexity index is 597. The van der Waals surface area contributed by atoms with Crippen LogP contribution in [0.25, 0.3) is 12.2 Å². The zero-order valence-electron chi connectivity index (χ0n) is 12.8. The lowest BCUT2D eigenvalue weighted by atomic mass is 10.1. The molecule has 23 heavy (non-hydrogen) atoms. The Labute approximate surface area is 135 Å². The second kappa shape index (κ2) is 9.02. The highest BCUT2D eigenvalue weighted by Crippen LogP contribution is 2.13. The van der Waals surface area contributed by atoms with Crippen molar-refractivity contribution in [2.45, 2.75) is 25.6 Å². The molecule has 1 aliphatic rings. The van der Waals surface area contributed by atoms with Gasteiger partial charge in [-0.25, -0.2) is 4.79 Å². The van der Waals surface area contributed by atoms with E-state index in [1.807, 2.05) is 6.07 Å². The third-order valence-electron chi connectivity index (χ3n) is 3.34. The molecule has 0 amide bonds. The summed E-state index contributed by atoms with van der Waals surface area (Å²) >= 11 is 0. The van der Waals surface area contributed by atoms with Gasteiger partial charge in [0.15, 0.2) is 12.1 Å². The molecule has 0 spiro atoms. The fourth-order valence-corrected chi connectivity index (χ4v) is 2.19. The van der Waals surface area contributed by atoms with E-state index in [4.69, 9.17) is 14.6 Å². The van der Waals surface area contributed by atoms with Crippen molar-refractivity contribution < 1.29 is 24.2 Å². The van der Waals surface area contributed by atoms with Crippen molar-refractivity contribution >= 4 is 23.9 Å². The van der Waals surface area contributed by atoms with E-state index < -0.39 is 5.97 Å². The highest BCUT2D eigenvalue weighted by atomic mass is 16.7. The first kappa shape index (κ1) is 17.1. The van der Waals surface area contributed by atoms with Crippen LogP contribution < -0.4 is 0 Å². The first-order valence-corrected chi connectivity index (χ1v) is 7.59. The van der Waals surface area contributed by atoms with Crippen molar-refractivity contribution in [3.63, 3.8) is 0 Å². The molecule has 122 valence electrons. The summed E-state index contributed by atoms with van der Waals surface area (Å²) in [6.07, 6.45) is 8.39. The molecule has 0 aromatic heterocycles. The van der Waals surface area contributed by atoms with E-state index in [2.05, 4.69) is 0 Å². The molecular weight excluding hydrogens is 296 g/mol. The number of ether oxygens (including phenoxy) is 2. The van der Waals surface area contributed by atoms with Gasteiger partial charge in [0.25, 0.3) is 0 Å². The van der Waals surface area contributed by atoms with Gasteiger partial charge in [0, 0.05) is 12.7 Å². The monoisotopic (exact) mass is 316 g/mol. The number of ketones is 1. The molecule has 1 aromatic rings. The Morgan fingerprint density at radius 3 is 2.61 bits per heavy atom. The molecule has 1 heterocycles. The molecule has 1 N–H and O–H groups in total. The van der Waals surface area contributed by atoms with Crippen LogP contribution in [0, 0.1) is 0 Å². The lowest BCUT2D eigenvalue weighted by molar-refractivity contribution is -0.167. The normalized spacial score (nSPS) is 18.5. The van der Waals surface area contributed by atoms with E-state index in [9.17, 15) is 9.59 Å². The molecule has 0 radical (unpaired) electrons. The smallest absolute Gasteiger partial charge is 0.328 e. The van der Waals surface area contributed by atoms with Crippen molar-refractivity contribution in [2.24, 2.45) is 0 Å². The molecule has 0 aliphatic carbocycles. The maximum Gasteiger partial charge on any atom is 0.328 e. The molecular formula is C18H20O5. The van der Waals surface area contributed by atoms with Gasteiger partial charge in [0.05, 0.1) is 0 Å². The van der Waals surface area contributed by atoms with Crippen LogP contribution in [0.2, 0.25) is 0 Å². The summed E-state index contributed by atoms with van der Waals surface area (Å²) in [4.78, 5) is 22.3. The fourth-order valence-electron chi connectivity index (χ4n) is 2.19. The zero-order valence-corrected chi connectivity index (χ0v) is 12.8. The van der Waals surface area contributed by atoms with Gasteiger partial charge in [0.2, 0.25) is 0 Å². The molecule has 5 nitrogen and oxygen atoms in total. The van der Waals surface area contributed by atoms with Crippen LogP contribution in [0.15, 0.2) is 36.4 Å². The molecule has 1 saturated heterocycles. The van der Waals surface area contributed by atoms with Crippen LogP contribution in [0.1, 0.15) is 30.4 Å². The van der Waals surface area contributed by atoms with Crippen molar-refractivity contribution in [1.29, 1.82) is 0 Å². The number of carboxylic acids is 1. The van der Waals surface area contributed by atoms with Crippen LogP contribution in [0.4, 0.5) is 0 Å². The number of benzene rings is 1. The Hall–Kier alpha value is -2.24. The van der Waals surface area contributed by atoms with Crippen LogP contribution in [0.5, 0.6) is 0 Å². The Kier molecular flexibility index (Phi) is 6.72. The van der Waals surface area contributed by atoms with Gasteiger partial charge in [-0.3, -0.25) is 4.79 Å². The number of hydrogen-bond donors (Lipinski definition) is 1. The van der Waals surface area contributed by atoms with Gasteiger partial charge in [-0.15, -0.1) is 0 Å². The van der Waals surface area contributed by atoms with E-state index in [0.29, 0.717) is 6.61 Å². The fraction of sp³-hybridized carbons (Fsp3) is 0.333.